The highest BCUT2D eigenvalue weighted by atomic mass is 32.2. The van der Waals surface area contributed by atoms with E-state index in [1.54, 1.807) is 0 Å². The van der Waals surface area contributed by atoms with E-state index < -0.39 is 0 Å². The van der Waals surface area contributed by atoms with Gasteiger partial charge in [0.15, 0.2) is 5.96 Å². The fourth-order valence-corrected chi connectivity index (χ4v) is 4.53. The maximum Gasteiger partial charge on any atom is 0.191 e. The lowest BCUT2D eigenvalue weighted by molar-refractivity contribution is 0.144. The highest BCUT2D eigenvalue weighted by Gasteiger charge is 2.25. The van der Waals surface area contributed by atoms with Gasteiger partial charge in [-0.2, -0.15) is 11.8 Å². The molecule has 1 aromatic rings. The molecule has 1 unspecified atom stereocenters. The number of hydrogen-bond donors (Lipinski definition) is 1. The predicted octanol–water partition coefficient (Wildman–Crippen LogP) is 2.43. The number of fused-ring (bicyclic) bond motifs is 1. The van der Waals surface area contributed by atoms with Gasteiger partial charge in [-0.1, -0.05) is 38.1 Å². The molecule has 0 saturated carbocycles. The summed E-state index contributed by atoms with van der Waals surface area (Å²) in [6, 6.07) is 9.29. The normalized spacial score (nSPS) is 21.0. The minimum absolute atomic E-state index is 0.455. The molecule has 1 fully saturated rings. The molecule has 24 heavy (non-hydrogen) atoms. The summed E-state index contributed by atoms with van der Waals surface area (Å²) in [6.07, 6.45) is 1.14. The number of nitrogens with zero attached hydrogens (tertiary/aromatic N) is 3. The Morgan fingerprint density at radius 2 is 1.88 bits per heavy atom. The third-order valence-electron chi connectivity index (χ3n) is 5.17. The van der Waals surface area contributed by atoms with E-state index in [1.807, 2.05) is 11.8 Å². The van der Waals surface area contributed by atoms with Crippen LogP contribution in [-0.2, 0) is 13.0 Å². The summed E-state index contributed by atoms with van der Waals surface area (Å²) in [5.41, 5.74) is 9.23. The fourth-order valence-electron chi connectivity index (χ4n) is 3.63. The largest absolute Gasteiger partial charge is 0.370 e. The predicted molar refractivity (Wildman–Crippen MR) is 105 cm³/mol. The Kier molecular flexibility index (Phi) is 6.06. The molecule has 2 aliphatic heterocycles. The standard InChI is InChI=1S/C19H30N4S/c1-15(2)18(13-21-19(20)22-9-11-24-12-10-22)23-8-7-16-5-3-4-6-17(16)14-23/h3-6,15,18H,7-14H2,1-2H3,(H2,20,21). The van der Waals surface area contributed by atoms with Crippen LogP contribution >= 0.6 is 11.8 Å². The molecular weight excluding hydrogens is 316 g/mol. The molecule has 5 heteroatoms. The second kappa shape index (κ2) is 8.26. The number of hydrogen-bond acceptors (Lipinski definition) is 3. The van der Waals surface area contributed by atoms with Crippen LogP contribution in [0.1, 0.15) is 25.0 Å². The average Bonchev–Trinajstić information content (AvgIpc) is 2.62. The smallest absolute Gasteiger partial charge is 0.191 e. The zero-order valence-electron chi connectivity index (χ0n) is 14.9. The van der Waals surface area contributed by atoms with Gasteiger partial charge >= 0.3 is 0 Å². The monoisotopic (exact) mass is 346 g/mol. The Bertz CT molecular complexity index is 566. The van der Waals surface area contributed by atoms with E-state index in [1.165, 1.54) is 11.1 Å². The topological polar surface area (TPSA) is 44.9 Å². The lowest BCUT2D eigenvalue weighted by Crippen LogP contribution is -2.46. The molecule has 1 atom stereocenters. The quantitative estimate of drug-likeness (QED) is 0.672. The van der Waals surface area contributed by atoms with E-state index >= 15 is 0 Å². The van der Waals surface area contributed by atoms with Gasteiger partial charge in [-0.3, -0.25) is 9.89 Å². The number of guanidine groups is 1. The molecule has 0 aliphatic carbocycles. The van der Waals surface area contributed by atoms with Crippen molar-refractivity contribution in [1.82, 2.24) is 9.80 Å². The third-order valence-corrected chi connectivity index (χ3v) is 6.12. The van der Waals surface area contributed by atoms with Gasteiger partial charge in [-0.15, -0.1) is 0 Å². The first-order chi connectivity index (χ1) is 11.6. The highest BCUT2D eigenvalue weighted by molar-refractivity contribution is 7.99. The Morgan fingerprint density at radius 3 is 2.58 bits per heavy atom. The first-order valence-electron chi connectivity index (χ1n) is 9.08. The van der Waals surface area contributed by atoms with Crippen molar-refractivity contribution in [2.24, 2.45) is 16.6 Å². The lowest BCUT2D eigenvalue weighted by atomic mass is 9.95. The van der Waals surface area contributed by atoms with Crippen molar-refractivity contribution in [3.8, 4) is 0 Å². The molecule has 1 saturated heterocycles. The van der Waals surface area contributed by atoms with Gasteiger partial charge in [0.1, 0.15) is 0 Å². The van der Waals surface area contributed by atoms with E-state index in [0.29, 0.717) is 12.0 Å². The van der Waals surface area contributed by atoms with Crippen LogP contribution in [-0.4, -0.2) is 59.5 Å². The van der Waals surface area contributed by atoms with Gasteiger partial charge in [-0.25, -0.2) is 0 Å². The molecule has 0 amide bonds. The van der Waals surface area contributed by atoms with Crippen LogP contribution in [0.15, 0.2) is 29.3 Å². The van der Waals surface area contributed by atoms with Crippen LogP contribution < -0.4 is 5.73 Å². The summed E-state index contributed by atoms with van der Waals surface area (Å²) in [5, 5.41) is 0. The summed E-state index contributed by atoms with van der Waals surface area (Å²) < 4.78 is 0. The number of benzene rings is 1. The summed E-state index contributed by atoms with van der Waals surface area (Å²) >= 11 is 2.00. The Morgan fingerprint density at radius 1 is 1.17 bits per heavy atom. The summed E-state index contributed by atoms with van der Waals surface area (Å²) in [5.74, 6) is 3.63. The average molecular weight is 347 g/mol. The molecule has 0 radical (unpaired) electrons. The van der Waals surface area contributed by atoms with Crippen molar-refractivity contribution in [2.45, 2.75) is 32.9 Å². The summed E-state index contributed by atoms with van der Waals surface area (Å²) in [6.45, 7) is 9.62. The van der Waals surface area contributed by atoms with Crippen molar-refractivity contribution in [3.05, 3.63) is 35.4 Å². The van der Waals surface area contributed by atoms with Crippen molar-refractivity contribution >= 4 is 17.7 Å². The Balaban J connectivity index is 1.65. The van der Waals surface area contributed by atoms with Gasteiger partial charge < -0.3 is 10.6 Å². The molecular formula is C19H30N4S. The van der Waals surface area contributed by atoms with Crippen molar-refractivity contribution < 1.29 is 0 Å². The molecule has 0 aromatic heterocycles. The van der Waals surface area contributed by atoms with Gasteiger partial charge in [0.05, 0.1) is 6.54 Å². The molecule has 1 aromatic carbocycles. The van der Waals surface area contributed by atoms with Crippen LogP contribution in [0.3, 0.4) is 0 Å². The SMILES string of the molecule is CC(C)C(CN=C(N)N1CCSCC1)N1CCc2ccccc2C1. The minimum Gasteiger partial charge on any atom is -0.370 e. The van der Waals surface area contributed by atoms with Crippen LogP contribution in [0.5, 0.6) is 0 Å². The van der Waals surface area contributed by atoms with Gasteiger partial charge in [0.2, 0.25) is 0 Å². The lowest BCUT2D eigenvalue weighted by Gasteiger charge is -2.37. The molecule has 3 rings (SSSR count). The number of thioether (sulfide) groups is 1. The van der Waals surface area contributed by atoms with Crippen molar-refractivity contribution in [1.29, 1.82) is 0 Å². The second-order valence-electron chi connectivity index (χ2n) is 7.10. The zero-order chi connectivity index (χ0) is 16.9. The van der Waals surface area contributed by atoms with E-state index in [9.17, 15) is 0 Å². The van der Waals surface area contributed by atoms with E-state index in [2.05, 4.69) is 47.9 Å². The van der Waals surface area contributed by atoms with Crippen molar-refractivity contribution in [3.63, 3.8) is 0 Å². The van der Waals surface area contributed by atoms with Crippen LogP contribution in [0.4, 0.5) is 0 Å². The van der Waals surface area contributed by atoms with Gasteiger partial charge in [0, 0.05) is 43.7 Å². The number of rotatable bonds is 4. The molecule has 2 heterocycles. The fraction of sp³-hybridized carbons (Fsp3) is 0.632. The molecule has 2 aliphatic rings. The molecule has 4 nitrogen and oxygen atoms in total. The Hall–Kier alpha value is -1.20. The maximum absolute atomic E-state index is 6.25. The van der Waals surface area contributed by atoms with Gasteiger partial charge in [-0.05, 0) is 23.5 Å². The molecule has 0 bridgehead atoms. The molecule has 132 valence electrons. The van der Waals surface area contributed by atoms with Crippen LogP contribution in [0.2, 0.25) is 0 Å². The number of nitrogens with two attached hydrogens (primary N) is 1. The first-order valence-corrected chi connectivity index (χ1v) is 10.2. The van der Waals surface area contributed by atoms with Crippen LogP contribution in [0.25, 0.3) is 0 Å². The van der Waals surface area contributed by atoms with Gasteiger partial charge in [0.25, 0.3) is 0 Å². The molecule has 2 N–H and O–H groups in total. The summed E-state index contributed by atoms with van der Waals surface area (Å²) in [4.78, 5) is 9.60. The van der Waals surface area contributed by atoms with E-state index in [0.717, 1.165) is 56.6 Å². The maximum atomic E-state index is 6.25. The van der Waals surface area contributed by atoms with E-state index in [4.69, 9.17) is 10.7 Å². The third kappa shape index (κ3) is 4.25. The van der Waals surface area contributed by atoms with Crippen molar-refractivity contribution in [2.75, 3.05) is 37.7 Å². The highest BCUT2D eigenvalue weighted by Crippen LogP contribution is 2.23. The second-order valence-corrected chi connectivity index (χ2v) is 8.32. The van der Waals surface area contributed by atoms with E-state index in [-0.39, 0.29) is 0 Å². The number of aliphatic imine (C=N–C) groups is 1. The minimum atomic E-state index is 0.455. The molecule has 0 spiro atoms. The summed E-state index contributed by atoms with van der Waals surface area (Å²) in [7, 11) is 0. The zero-order valence-corrected chi connectivity index (χ0v) is 15.8. The first kappa shape index (κ1) is 17.6. The van der Waals surface area contributed by atoms with Crippen LogP contribution in [0, 0.1) is 5.92 Å². The Labute approximate surface area is 150 Å².